The van der Waals surface area contributed by atoms with Gasteiger partial charge in [-0.05, 0) is 119 Å². The summed E-state index contributed by atoms with van der Waals surface area (Å²) in [6.45, 7) is 4.80. The summed E-state index contributed by atoms with van der Waals surface area (Å²) in [5.74, 6) is 0. The first-order valence-electron chi connectivity index (χ1n) is 20.5. The minimum absolute atomic E-state index is 0.132. The molecular weight excluding hydrogens is 749 g/mol. The van der Waals surface area contributed by atoms with Gasteiger partial charge in [0.1, 0.15) is 0 Å². The summed E-state index contributed by atoms with van der Waals surface area (Å²) in [6.07, 6.45) is 0. The average Bonchev–Trinajstić information content (AvgIpc) is 3.92. The second kappa shape index (κ2) is 12.2. The van der Waals surface area contributed by atoms with Crippen LogP contribution in [0, 0.1) is 0 Å². The molecule has 0 unspecified atom stereocenters. The van der Waals surface area contributed by atoms with Crippen LogP contribution in [0.2, 0.25) is 0 Å². The van der Waals surface area contributed by atoms with Crippen LogP contribution < -0.4 is 0 Å². The molecule has 0 fully saturated rings. The normalized spacial score (nSPS) is 13.4. The van der Waals surface area contributed by atoms with Crippen LogP contribution in [0.25, 0.3) is 117 Å². The first-order valence-corrected chi connectivity index (χ1v) is 22.1. The summed E-state index contributed by atoms with van der Waals surface area (Å²) in [4.78, 5) is 0. The molecule has 2 aromatic heterocycles. The van der Waals surface area contributed by atoms with Crippen LogP contribution in [-0.4, -0.2) is 0 Å². The molecule has 0 spiro atoms. The van der Waals surface area contributed by atoms with Gasteiger partial charge < -0.3 is 0 Å². The van der Waals surface area contributed by atoms with Gasteiger partial charge in [-0.15, -0.1) is 22.7 Å². The monoisotopic (exact) mass is 784 g/mol. The minimum Gasteiger partial charge on any atom is -0.135 e. The van der Waals surface area contributed by atoms with Crippen LogP contribution in [0.1, 0.15) is 25.0 Å². The molecule has 0 saturated heterocycles. The van der Waals surface area contributed by atoms with Gasteiger partial charge in [0.25, 0.3) is 0 Å². The van der Waals surface area contributed by atoms with E-state index < -0.39 is 0 Å². The van der Waals surface area contributed by atoms with E-state index >= 15 is 0 Å². The Labute approximate surface area is 350 Å². The van der Waals surface area contributed by atoms with Gasteiger partial charge in [-0.2, -0.15) is 0 Å². The molecule has 12 aromatic rings. The van der Waals surface area contributed by atoms with Gasteiger partial charge in [0, 0.05) is 51.1 Å². The van der Waals surface area contributed by atoms with Gasteiger partial charge in [-0.3, -0.25) is 0 Å². The summed E-state index contributed by atoms with van der Waals surface area (Å²) >= 11 is 3.84. The largest absolute Gasteiger partial charge is 0.135 e. The van der Waals surface area contributed by atoms with Crippen molar-refractivity contribution in [3.63, 3.8) is 0 Å². The van der Waals surface area contributed by atoms with Crippen molar-refractivity contribution < 1.29 is 0 Å². The summed E-state index contributed by atoms with van der Waals surface area (Å²) in [5, 5.41) is 13.3. The Morgan fingerprint density at radius 1 is 0.339 bits per heavy atom. The van der Waals surface area contributed by atoms with E-state index in [9.17, 15) is 0 Å². The third-order valence-corrected chi connectivity index (χ3v) is 15.6. The lowest BCUT2D eigenvalue weighted by Crippen LogP contribution is -2.15. The standard InChI is InChI=1S/C57H36S2/c1-57(2)47-27-22-37(53-41-16-8-6-14-39(41)52(33-12-4-3-5-13-33)40-15-7-9-17-42(40)53)31-45(47)38-25-21-36(32-48(38)57)35-24-28-50-46(30-35)43-26-20-34-23-29-51-55(54(34)56(43)59-50)44-18-10-11-19-49(44)58-51/h3-32H,1-2H3. The molecule has 0 N–H and O–H groups in total. The lowest BCUT2D eigenvalue weighted by Gasteiger charge is -2.22. The van der Waals surface area contributed by atoms with E-state index in [1.807, 2.05) is 22.7 Å². The molecule has 0 bridgehead atoms. The van der Waals surface area contributed by atoms with Crippen molar-refractivity contribution in [2.24, 2.45) is 0 Å². The average molecular weight is 785 g/mol. The van der Waals surface area contributed by atoms with Gasteiger partial charge in [-0.25, -0.2) is 0 Å². The van der Waals surface area contributed by atoms with Crippen LogP contribution in [0.3, 0.4) is 0 Å². The van der Waals surface area contributed by atoms with Crippen molar-refractivity contribution >= 4 is 95.3 Å². The predicted octanol–water partition coefficient (Wildman–Crippen LogP) is 17.2. The third-order valence-electron chi connectivity index (χ3n) is 13.3. The smallest absolute Gasteiger partial charge is 0.0440 e. The summed E-state index contributed by atoms with van der Waals surface area (Å²) in [5.41, 5.74) is 13.0. The summed E-state index contributed by atoms with van der Waals surface area (Å²) < 4.78 is 5.44. The predicted molar refractivity (Wildman–Crippen MR) is 259 cm³/mol. The third kappa shape index (κ3) is 4.70. The van der Waals surface area contributed by atoms with Crippen molar-refractivity contribution in [3.05, 3.63) is 193 Å². The van der Waals surface area contributed by atoms with Crippen LogP contribution in [-0.2, 0) is 5.41 Å². The van der Waals surface area contributed by atoms with Crippen molar-refractivity contribution in [3.8, 4) is 44.5 Å². The van der Waals surface area contributed by atoms with Crippen molar-refractivity contribution in [1.29, 1.82) is 0 Å². The first-order chi connectivity index (χ1) is 29.0. The molecule has 0 nitrogen and oxygen atoms in total. The highest BCUT2D eigenvalue weighted by Crippen LogP contribution is 2.53. The summed E-state index contributed by atoms with van der Waals surface area (Å²) in [6, 6.07) is 68.5. The van der Waals surface area contributed by atoms with E-state index in [4.69, 9.17) is 0 Å². The van der Waals surface area contributed by atoms with Crippen molar-refractivity contribution in [1.82, 2.24) is 0 Å². The SMILES string of the molecule is CC1(C)c2ccc(-c3c4ccccc4c(-c4ccccc4)c4ccccc34)cc2-c2ccc(-c3ccc4sc5c(ccc6ccc7sc8ccccc8c7c65)c4c3)cc21. The van der Waals surface area contributed by atoms with E-state index in [-0.39, 0.29) is 5.41 Å². The second-order valence-electron chi connectivity index (χ2n) is 16.7. The number of hydrogen-bond donors (Lipinski definition) is 0. The lowest BCUT2D eigenvalue weighted by molar-refractivity contribution is 0.660. The van der Waals surface area contributed by atoms with Crippen LogP contribution in [0.4, 0.5) is 0 Å². The molecule has 0 atom stereocenters. The Balaban J connectivity index is 0.956. The zero-order chi connectivity index (χ0) is 39.0. The van der Waals surface area contributed by atoms with E-state index in [1.54, 1.807) is 0 Å². The minimum atomic E-state index is -0.132. The Bertz CT molecular complexity index is 3690. The molecule has 276 valence electrons. The Morgan fingerprint density at radius 2 is 0.932 bits per heavy atom. The maximum absolute atomic E-state index is 2.47. The molecule has 2 heteroatoms. The highest BCUT2D eigenvalue weighted by molar-refractivity contribution is 7.28. The van der Waals surface area contributed by atoms with Crippen LogP contribution in [0.15, 0.2) is 182 Å². The maximum atomic E-state index is 2.47. The van der Waals surface area contributed by atoms with Crippen LogP contribution in [0.5, 0.6) is 0 Å². The van der Waals surface area contributed by atoms with E-state index in [2.05, 4.69) is 196 Å². The molecule has 10 aromatic carbocycles. The zero-order valence-corrected chi connectivity index (χ0v) is 34.3. The zero-order valence-electron chi connectivity index (χ0n) is 32.6. The lowest BCUT2D eigenvalue weighted by atomic mass is 9.81. The van der Waals surface area contributed by atoms with Gasteiger partial charge >= 0.3 is 0 Å². The van der Waals surface area contributed by atoms with Gasteiger partial charge in [0.2, 0.25) is 0 Å². The van der Waals surface area contributed by atoms with E-state index in [1.165, 1.54) is 128 Å². The fraction of sp³-hybridized carbons (Fsp3) is 0.0526. The number of rotatable bonds is 3. The van der Waals surface area contributed by atoms with Gasteiger partial charge in [0.05, 0.1) is 0 Å². The topological polar surface area (TPSA) is 0 Å². The maximum Gasteiger partial charge on any atom is 0.0440 e. The molecule has 0 radical (unpaired) electrons. The van der Waals surface area contributed by atoms with Crippen LogP contribution >= 0.6 is 22.7 Å². The molecule has 1 aliphatic carbocycles. The van der Waals surface area contributed by atoms with E-state index in [0.29, 0.717) is 0 Å². The van der Waals surface area contributed by atoms with Gasteiger partial charge in [-0.1, -0.05) is 159 Å². The number of fused-ring (bicyclic) bond motifs is 14. The quantitative estimate of drug-likeness (QED) is 0.157. The fourth-order valence-corrected chi connectivity index (χ4v) is 12.8. The van der Waals surface area contributed by atoms with Crippen molar-refractivity contribution in [2.45, 2.75) is 19.3 Å². The Hall–Kier alpha value is -6.58. The highest BCUT2D eigenvalue weighted by Gasteiger charge is 2.36. The van der Waals surface area contributed by atoms with Gasteiger partial charge in [0.15, 0.2) is 0 Å². The number of hydrogen-bond acceptors (Lipinski definition) is 2. The van der Waals surface area contributed by atoms with Crippen molar-refractivity contribution in [2.75, 3.05) is 0 Å². The Morgan fingerprint density at radius 3 is 1.69 bits per heavy atom. The first kappa shape index (κ1) is 33.4. The number of benzene rings is 10. The van der Waals surface area contributed by atoms with E-state index in [0.717, 1.165) is 0 Å². The molecule has 2 heterocycles. The molecule has 0 saturated carbocycles. The molecule has 1 aliphatic rings. The number of thiophene rings is 2. The Kier molecular flexibility index (Phi) is 6.92. The fourth-order valence-electron chi connectivity index (χ4n) is 10.5. The molecule has 13 rings (SSSR count). The molecule has 0 amide bonds. The highest BCUT2D eigenvalue weighted by atomic mass is 32.1. The second-order valence-corrected chi connectivity index (χ2v) is 18.9. The summed E-state index contributed by atoms with van der Waals surface area (Å²) in [7, 11) is 0. The molecule has 59 heavy (non-hydrogen) atoms. The molecular formula is C57H36S2. The molecule has 0 aliphatic heterocycles.